The van der Waals surface area contributed by atoms with E-state index in [1.807, 2.05) is 13.0 Å². The molecule has 4 heteroatoms. The number of benzene rings is 1. The lowest BCUT2D eigenvalue weighted by Gasteiger charge is -2.37. The van der Waals surface area contributed by atoms with E-state index in [4.69, 9.17) is 0 Å². The first-order chi connectivity index (χ1) is 6.62. The van der Waals surface area contributed by atoms with Crippen LogP contribution in [0.1, 0.15) is 13.3 Å². The Labute approximate surface area is 84.4 Å². The smallest absolute Gasteiger partial charge is 0.207 e. The lowest BCUT2D eigenvalue weighted by atomic mass is 10.1. The van der Waals surface area contributed by atoms with Gasteiger partial charge in [-0.1, -0.05) is 18.2 Å². The Morgan fingerprint density at radius 2 is 1.93 bits per heavy atom. The molecule has 1 fully saturated rings. The highest BCUT2D eigenvalue weighted by Crippen LogP contribution is 2.25. The van der Waals surface area contributed by atoms with Gasteiger partial charge in [0.15, 0.2) is 0 Å². The Bertz CT molecular complexity index is 413. The molecule has 1 aliphatic heterocycles. The van der Waals surface area contributed by atoms with Gasteiger partial charge in [-0.2, -0.15) is 4.31 Å². The zero-order chi connectivity index (χ0) is 10.2. The van der Waals surface area contributed by atoms with E-state index >= 15 is 0 Å². The first-order valence-electron chi connectivity index (χ1n) is 4.69. The van der Waals surface area contributed by atoms with Crippen molar-refractivity contribution in [3.8, 4) is 0 Å². The van der Waals surface area contributed by atoms with Gasteiger partial charge in [0, 0.05) is 12.6 Å². The zero-order valence-corrected chi connectivity index (χ0v) is 8.87. The second kappa shape index (κ2) is 3.37. The van der Waals surface area contributed by atoms with Crippen molar-refractivity contribution in [2.24, 2.45) is 0 Å². The van der Waals surface area contributed by atoms with Crippen molar-refractivity contribution >= 4 is 10.0 Å². The van der Waals surface area contributed by atoms with Crippen molar-refractivity contribution in [1.82, 2.24) is 4.31 Å². The normalized spacial score (nSPS) is 23.1. The molecule has 0 aromatic heterocycles. The summed E-state index contributed by atoms with van der Waals surface area (Å²) in [6.07, 6.45) is 0.964. The molecule has 0 spiro atoms. The van der Waals surface area contributed by atoms with Gasteiger partial charge in [-0.25, -0.2) is 8.42 Å². The average molecular weight is 211 g/mol. The van der Waals surface area contributed by atoms with E-state index in [2.05, 4.69) is 0 Å². The summed E-state index contributed by atoms with van der Waals surface area (Å²) < 4.78 is 25.4. The molecule has 0 saturated carbocycles. The Hall–Kier alpha value is -0.870. The molecule has 1 aromatic rings. The Balaban J connectivity index is 2.34. The maximum atomic E-state index is 12.0. The summed E-state index contributed by atoms with van der Waals surface area (Å²) in [5.41, 5.74) is 0. The Morgan fingerprint density at radius 1 is 1.29 bits per heavy atom. The molecule has 1 atom stereocenters. The number of rotatable bonds is 2. The van der Waals surface area contributed by atoms with Gasteiger partial charge < -0.3 is 0 Å². The standard InChI is InChI=1S/C10H13NO2S/c1-9-7-8-11(9)14(12,13)10-5-3-2-4-6-10/h2-6,9H,7-8H2,1H3. The molecule has 1 saturated heterocycles. The van der Waals surface area contributed by atoms with Gasteiger partial charge in [0.25, 0.3) is 0 Å². The van der Waals surface area contributed by atoms with Gasteiger partial charge in [0.05, 0.1) is 4.90 Å². The minimum absolute atomic E-state index is 0.153. The van der Waals surface area contributed by atoms with Crippen LogP contribution >= 0.6 is 0 Å². The van der Waals surface area contributed by atoms with Crippen molar-refractivity contribution in [3.63, 3.8) is 0 Å². The van der Waals surface area contributed by atoms with E-state index in [9.17, 15) is 8.42 Å². The number of hydrogen-bond acceptors (Lipinski definition) is 2. The van der Waals surface area contributed by atoms with E-state index in [0.717, 1.165) is 6.42 Å². The number of nitrogens with zero attached hydrogens (tertiary/aromatic N) is 1. The summed E-state index contributed by atoms with van der Waals surface area (Å²) in [6.45, 7) is 2.59. The van der Waals surface area contributed by atoms with Crippen LogP contribution in [0.25, 0.3) is 0 Å². The van der Waals surface area contributed by atoms with Gasteiger partial charge >= 0.3 is 0 Å². The second-order valence-corrected chi connectivity index (χ2v) is 5.46. The highest BCUT2D eigenvalue weighted by molar-refractivity contribution is 7.89. The minimum Gasteiger partial charge on any atom is -0.207 e. The topological polar surface area (TPSA) is 37.4 Å². The number of sulfonamides is 1. The van der Waals surface area contributed by atoms with Crippen LogP contribution in [-0.4, -0.2) is 25.3 Å². The van der Waals surface area contributed by atoms with E-state index in [0.29, 0.717) is 11.4 Å². The van der Waals surface area contributed by atoms with Gasteiger partial charge in [-0.05, 0) is 25.5 Å². The Kier molecular flexibility index (Phi) is 2.33. The summed E-state index contributed by atoms with van der Waals surface area (Å²) >= 11 is 0. The molecular formula is C10H13NO2S. The minimum atomic E-state index is -3.22. The third-order valence-electron chi connectivity index (χ3n) is 2.61. The molecule has 1 aliphatic rings. The molecule has 0 aliphatic carbocycles. The summed E-state index contributed by atoms with van der Waals surface area (Å²) in [4.78, 5) is 0.395. The summed E-state index contributed by atoms with van der Waals surface area (Å²) in [5.74, 6) is 0. The zero-order valence-electron chi connectivity index (χ0n) is 8.05. The monoisotopic (exact) mass is 211 g/mol. The largest absolute Gasteiger partial charge is 0.243 e. The molecule has 0 amide bonds. The lowest BCUT2D eigenvalue weighted by molar-refractivity contribution is 0.217. The molecule has 3 nitrogen and oxygen atoms in total. The maximum absolute atomic E-state index is 12.0. The Morgan fingerprint density at radius 3 is 2.36 bits per heavy atom. The van der Waals surface area contributed by atoms with Crippen LogP contribution in [0.4, 0.5) is 0 Å². The fourth-order valence-corrected chi connectivity index (χ4v) is 3.27. The molecule has 0 bridgehead atoms. The highest BCUT2D eigenvalue weighted by atomic mass is 32.2. The third-order valence-corrected chi connectivity index (χ3v) is 4.64. The SMILES string of the molecule is CC1CCN1S(=O)(=O)c1ccccc1. The van der Waals surface area contributed by atoms with Gasteiger partial charge in [-0.3, -0.25) is 0 Å². The quantitative estimate of drug-likeness (QED) is 0.743. The van der Waals surface area contributed by atoms with Crippen molar-refractivity contribution in [2.75, 3.05) is 6.54 Å². The van der Waals surface area contributed by atoms with Crippen LogP contribution in [0.15, 0.2) is 35.2 Å². The maximum Gasteiger partial charge on any atom is 0.243 e. The molecule has 1 heterocycles. The molecule has 76 valence electrons. The first kappa shape index (κ1) is 9.68. The van der Waals surface area contributed by atoms with Crippen molar-refractivity contribution < 1.29 is 8.42 Å². The van der Waals surface area contributed by atoms with Gasteiger partial charge in [0.2, 0.25) is 10.0 Å². The van der Waals surface area contributed by atoms with Crippen LogP contribution in [0.5, 0.6) is 0 Å². The summed E-state index contributed by atoms with van der Waals surface area (Å²) in [6, 6.07) is 8.74. The van der Waals surface area contributed by atoms with Crippen molar-refractivity contribution in [1.29, 1.82) is 0 Å². The first-order valence-corrected chi connectivity index (χ1v) is 6.13. The summed E-state index contributed by atoms with van der Waals surface area (Å²) in [7, 11) is -3.22. The van der Waals surface area contributed by atoms with E-state index < -0.39 is 10.0 Å². The van der Waals surface area contributed by atoms with E-state index in [1.54, 1.807) is 28.6 Å². The molecule has 1 unspecified atom stereocenters. The van der Waals surface area contributed by atoms with Gasteiger partial charge in [-0.15, -0.1) is 0 Å². The van der Waals surface area contributed by atoms with Crippen LogP contribution in [0.3, 0.4) is 0 Å². The molecule has 14 heavy (non-hydrogen) atoms. The van der Waals surface area contributed by atoms with Crippen LogP contribution in [0, 0.1) is 0 Å². The second-order valence-electron chi connectivity index (χ2n) is 3.57. The van der Waals surface area contributed by atoms with E-state index in [-0.39, 0.29) is 6.04 Å². The highest BCUT2D eigenvalue weighted by Gasteiger charge is 2.35. The van der Waals surface area contributed by atoms with Crippen LogP contribution in [-0.2, 0) is 10.0 Å². The lowest BCUT2D eigenvalue weighted by Crippen LogP contribution is -2.49. The average Bonchev–Trinajstić information content (AvgIpc) is 2.16. The molecule has 1 aromatic carbocycles. The van der Waals surface area contributed by atoms with Crippen LogP contribution < -0.4 is 0 Å². The summed E-state index contributed by atoms with van der Waals surface area (Å²) in [5, 5.41) is 0. The van der Waals surface area contributed by atoms with E-state index in [1.165, 1.54) is 0 Å². The molecule has 2 rings (SSSR count). The third kappa shape index (κ3) is 1.44. The predicted molar refractivity (Wildman–Crippen MR) is 54.4 cm³/mol. The molecular weight excluding hydrogens is 198 g/mol. The molecule has 0 N–H and O–H groups in total. The van der Waals surface area contributed by atoms with Crippen molar-refractivity contribution in [2.45, 2.75) is 24.3 Å². The van der Waals surface area contributed by atoms with Crippen LogP contribution in [0.2, 0.25) is 0 Å². The fourth-order valence-electron chi connectivity index (χ4n) is 1.58. The predicted octanol–water partition coefficient (Wildman–Crippen LogP) is 1.47. The van der Waals surface area contributed by atoms with Crippen molar-refractivity contribution in [3.05, 3.63) is 30.3 Å². The molecule has 0 radical (unpaired) electrons. The fraction of sp³-hybridized carbons (Fsp3) is 0.400. The number of hydrogen-bond donors (Lipinski definition) is 0. The van der Waals surface area contributed by atoms with Gasteiger partial charge in [0.1, 0.15) is 0 Å².